The molecule has 0 spiro atoms. The van der Waals surface area contributed by atoms with Crippen LogP contribution in [0, 0.1) is 0 Å². The van der Waals surface area contributed by atoms with Crippen LogP contribution in [0.2, 0.25) is 0 Å². The van der Waals surface area contributed by atoms with Gasteiger partial charge < -0.3 is 9.47 Å². The lowest BCUT2D eigenvalue weighted by atomic mass is 9.94. The van der Waals surface area contributed by atoms with E-state index >= 15 is 0 Å². The number of ether oxygens (including phenoxy) is 2. The molecule has 0 saturated carbocycles. The van der Waals surface area contributed by atoms with Gasteiger partial charge in [-0.3, -0.25) is 0 Å². The summed E-state index contributed by atoms with van der Waals surface area (Å²) in [7, 11) is 0. The van der Waals surface area contributed by atoms with Gasteiger partial charge in [-0.1, -0.05) is 0 Å². The second-order valence-electron chi connectivity index (χ2n) is 3.22. The molecule has 0 aromatic heterocycles. The number of carbonyl (C=O) groups excluding carboxylic acids is 1. The summed E-state index contributed by atoms with van der Waals surface area (Å²) in [4.78, 5) is 11.3. The fraction of sp³-hybridized carbons (Fsp3) is 0.889. The Morgan fingerprint density at radius 3 is 2.71 bits per heavy atom. The van der Waals surface area contributed by atoms with Crippen molar-refractivity contribution in [2.45, 2.75) is 38.2 Å². The maximum atomic E-state index is 12.7. The Kier molecular flexibility index (Phi) is 3.80. The predicted molar refractivity (Wildman–Crippen MR) is 45.2 cm³/mol. The van der Waals surface area contributed by atoms with Crippen LogP contribution >= 0.6 is 0 Å². The SMILES string of the molecule is CCOC(=O)[C@@]1(C(F)F)CCCCO1. The topological polar surface area (TPSA) is 35.5 Å². The highest BCUT2D eigenvalue weighted by molar-refractivity contribution is 5.80. The first-order chi connectivity index (χ1) is 6.63. The van der Waals surface area contributed by atoms with E-state index in [0.717, 1.165) is 0 Å². The first kappa shape index (κ1) is 11.4. The second kappa shape index (κ2) is 4.68. The summed E-state index contributed by atoms with van der Waals surface area (Å²) in [5.74, 6) is -0.935. The molecule has 5 heteroatoms. The zero-order valence-corrected chi connectivity index (χ0v) is 8.09. The Balaban J connectivity index is 2.74. The van der Waals surface area contributed by atoms with Crippen molar-refractivity contribution in [3.8, 4) is 0 Å². The van der Waals surface area contributed by atoms with Crippen molar-refractivity contribution >= 4 is 5.97 Å². The van der Waals surface area contributed by atoms with Gasteiger partial charge in [0.2, 0.25) is 5.60 Å². The van der Waals surface area contributed by atoms with Crippen LogP contribution in [0.1, 0.15) is 26.2 Å². The molecule has 1 saturated heterocycles. The summed E-state index contributed by atoms with van der Waals surface area (Å²) in [5, 5.41) is 0. The largest absolute Gasteiger partial charge is 0.464 e. The van der Waals surface area contributed by atoms with Gasteiger partial charge in [0.05, 0.1) is 6.61 Å². The Hall–Kier alpha value is -0.710. The van der Waals surface area contributed by atoms with Crippen molar-refractivity contribution in [3.63, 3.8) is 0 Å². The minimum Gasteiger partial charge on any atom is -0.464 e. The molecule has 82 valence electrons. The van der Waals surface area contributed by atoms with Gasteiger partial charge in [-0.25, -0.2) is 13.6 Å². The van der Waals surface area contributed by atoms with Gasteiger partial charge in [0.1, 0.15) is 0 Å². The molecular weight excluding hydrogens is 194 g/mol. The molecule has 14 heavy (non-hydrogen) atoms. The van der Waals surface area contributed by atoms with Crippen LogP contribution in [0.3, 0.4) is 0 Å². The smallest absolute Gasteiger partial charge is 0.344 e. The van der Waals surface area contributed by atoms with Gasteiger partial charge in [0.25, 0.3) is 6.43 Å². The maximum Gasteiger partial charge on any atom is 0.344 e. The Labute approximate surface area is 81.4 Å². The number of alkyl halides is 2. The summed E-state index contributed by atoms with van der Waals surface area (Å²) < 4.78 is 35.0. The highest BCUT2D eigenvalue weighted by Gasteiger charge is 2.50. The van der Waals surface area contributed by atoms with E-state index in [-0.39, 0.29) is 19.6 Å². The molecule has 0 aromatic rings. The number of rotatable bonds is 3. The van der Waals surface area contributed by atoms with Crippen molar-refractivity contribution in [2.75, 3.05) is 13.2 Å². The number of carbonyl (C=O) groups is 1. The number of halogens is 2. The average Bonchev–Trinajstić information content (AvgIpc) is 2.19. The van der Waals surface area contributed by atoms with Crippen LogP contribution in [0.5, 0.6) is 0 Å². The van der Waals surface area contributed by atoms with Crippen LogP contribution in [-0.2, 0) is 14.3 Å². The van der Waals surface area contributed by atoms with Crippen molar-refractivity contribution < 1.29 is 23.0 Å². The molecule has 0 aliphatic carbocycles. The lowest BCUT2D eigenvalue weighted by molar-refractivity contribution is -0.203. The van der Waals surface area contributed by atoms with E-state index < -0.39 is 18.0 Å². The zero-order chi connectivity index (χ0) is 10.6. The zero-order valence-electron chi connectivity index (χ0n) is 8.09. The van der Waals surface area contributed by atoms with Crippen LogP contribution in [0.25, 0.3) is 0 Å². The van der Waals surface area contributed by atoms with Crippen LogP contribution in [-0.4, -0.2) is 31.2 Å². The molecule has 1 heterocycles. The highest BCUT2D eigenvalue weighted by atomic mass is 19.3. The number of hydrogen-bond donors (Lipinski definition) is 0. The normalized spacial score (nSPS) is 27.7. The van der Waals surface area contributed by atoms with E-state index in [1.807, 2.05) is 0 Å². The predicted octanol–water partition coefficient (Wildman–Crippen LogP) is 1.75. The monoisotopic (exact) mass is 208 g/mol. The molecule has 0 bridgehead atoms. The molecule has 1 aliphatic heterocycles. The third-order valence-corrected chi connectivity index (χ3v) is 2.28. The summed E-state index contributed by atoms with van der Waals surface area (Å²) in [5.41, 5.74) is -2.01. The van der Waals surface area contributed by atoms with E-state index in [2.05, 4.69) is 4.74 Å². The first-order valence-electron chi connectivity index (χ1n) is 4.73. The van der Waals surface area contributed by atoms with Crippen molar-refractivity contribution in [3.05, 3.63) is 0 Å². The molecule has 1 atom stereocenters. The molecule has 0 radical (unpaired) electrons. The molecule has 0 N–H and O–H groups in total. The molecule has 0 amide bonds. The Morgan fingerprint density at radius 1 is 1.57 bits per heavy atom. The fourth-order valence-electron chi connectivity index (χ4n) is 1.49. The molecule has 1 fully saturated rings. The van der Waals surface area contributed by atoms with Gasteiger partial charge in [-0.05, 0) is 26.2 Å². The van der Waals surface area contributed by atoms with E-state index in [0.29, 0.717) is 12.8 Å². The number of esters is 1. The average molecular weight is 208 g/mol. The molecular formula is C9H14F2O3. The summed E-state index contributed by atoms with van der Waals surface area (Å²) in [6.45, 7) is 1.87. The molecule has 3 nitrogen and oxygen atoms in total. The lowest BCUT2D eigenvalue weighted by Gasteiger charge is -2.33. The van der Waals surface area contributed by atoms with Crippen LogP contribution in [0.4, 0.5) is 8.78 Å². The molecule has 0 unspecified atom stereocenters. The standard InChI is InChI=1S/C9H14F2O3/c1-2-13-8(12)9(7(10)11)5-3-4-6-14-9/h7H,2-6H2,1H3/t9-/m0/s1. The van der Waals surface area contributed by atoms with Crippen molar-refractivity contribution in [1.29, 1.82) is 0 Å². The highest BCUT2D eigenvalue weighted by Crippen LogP contribution is 2.32. The fourth-order valence-corrected chi connectivity index (χ4v) is 1.49. The number of hydrogen-bond acceptors (Lipinski definition) is 3. The summed E-state index contributed by atoms with van der Waals surface area (Å²) in [6, 6.07) is 0. The third-order valence-electron chi connectivity index (χ3n) is 2.28. The van der Waals surface area contributed by atoms with E-state index in [4.69, 9.17) is 4.74 Å². The maximum absolute atomic E-state index is 12.7. The summed E-state index contributed by atoms with van der Waals surface area (Å²) in [6.07, 6.45) is -1.48. The Bertz CT molecular complexity index is 200. The van der Waals surface area contributed by atoms with Gasteiger partial charge in [-0.2, -0.15) is 0 Å². The minimum atomic E-state index is -2.82. The van der Waals surface area contributed by atoms with E-state index in [1.165, 1.54) is 0 Å². The molecule has 0 aromatic carbocycles. The van der Waals surface area contributed by atoms with E-state index in [1.54, 1.807) is 6.92 Å². The molecule has 1 rings (SSSR count). The van der Waals surface area contributed by atoms with E-state index in [9.17, 15) is 13.6 Å². The van der Waals surface area contributed by atoms with Crippen LogP contribution in [0.15, 0.2) is 0 Å². The van der Waals surface area contributed by atoms with Crippen molar-refractivity contribution in [1.82, 2.24) is 0 Å². The van der Waals surface area contributed by atoms with Gasteiger partial charge in [0.15, 0.2) is 0 Å². The second-order valence-corrected chi connectivity index (χ2v) is 3.22. The first-order valence-corrected chi connectivity index (χ1v) is 4.73. The van der Waals surface area contributed by atoms with Gasteiger partial charge in [0, 0.05) is 6.61 Å². The van der Waals surface area contributed by atoms with Crippen LogP contribution < -0.4 is 0 Å². The third kappa shape index (κ3) is 2.03. The summed E-state index contributed by atoms with van der Waals surface area (Å²) >= 11 is 0. The Morgan fingerprint density at radius 2 is 2.29 bits per heavy atom. The van der Waals surface area contributed by atoms with Gasteiger partial charge in [-0.15, -0.1) is 0 Å². The minimum absolute atomic E-state index is 0.0451. The van der Waals surface area contributed by atoms with Gasteiger partial charge >= 0.3 is 5.97 Å². The quantitative estimate of drug-likeness (QED) is 0.663. The van der Waals surface area contributed by atoms with Crippen molar-refractivity contribution in [2.24, 2.45) is 0 Å². The lowest BCUT2D eigenvalue weighted by Crippen LogP contribution is -2.51. The molecule has 1 aliphatic rings.